The predicted octanol–water partition coefficient (Wildman–Crippen LogP) is 2.42. The van der Waals surface area contributed by atoms with Crippen molar-refractivity contribution in [1.29, 1.82) is 0 Å². The molecule has 3 N–H and O–H groups in total. The molecule has 1 atom stereocenters. The molecule has 0 saturated carbocycles. The van der Waals surface area contributed by atoms with Gasteiger partial charge in [-0.1, -0.05) is 24.3 Å². The molecule has 2 fully saturated rings. The van der Waals surface area contributed by atoms with Crippen LogP contribution < -0.4 is 5.73 Å². The zero-order valence-electron chi connectivity index (χ0n) is 14.1. The van der Waals surface area contributed by atoms with Crippen LogP contribution in [0.15, 0.2) is 36.5 Å². The molecule has 2 aromatic rings. The van der Waals surface area contributed by atoms with Crippen LogP contribution in [0.2, 0.25) is 0 Å². The number of nitrogens with two attached hydrogens (primary N) is 1. The number of rotatable bonds is 4. The van der Waals surface area contributed by atoms with Crippen molar-refractivity contribution in [2.75, 3.05) is 32.0 Å². The molecule has 6 nitrogen and oxygen atoms in total. The summed E-state index contributed by atoms with van der Waals surface area (Å²) in [5.74, 6) is -1.03. The number of aromatic carboxylic acids is 1. The molecule has 25 heavy (non-hydrogen) atoms. The maximum Gasteiger partial charge on any atom is 0.339 e. The summed E-state index contributed by atoms with van der Waals surface area (Å²) in [5.41, 5.74) is 8.99. The Bertz CT molecular complexity index is 807. The first-order valence-electron chi connectivity index (χ1n) is 8.38. The number of carbonyl (C=O) groups is 1. The van der Waals surface area contributed by atoms with Crippen molar-refractivity contribution >= 4 is 11.8 Å². The first-order chi connectivity index (χ1) is 12.0. The Balaban J connectivity index is 1.50. The average Bonchev–Trinajstić information content (AvgIpc) is 2.52. The van der Waals surface area contributed by atoms with E-state index in [2.05, 4.69) is 28.9 Å². The molecule has 2 aliphatic heterocycles. The van der Waals surface area contributed by atoms with Gasteiger partial charge in [-0.3, -0.25) is 4.90 Å². The highest BCUT2D eigenvalue weighted by molar-refractivity contribution is 5.94. The van der Waals surface area contributed by atoms with Crippen molar-refractivity contribution in [1.82, 2.24) is 9.88 Å². The average molecular weight is 339 g/mol. The smallest absolute Gasteiger partial charge is 0.339 e. The molecule has 4 rings (SSSR count). The zero-order valence-corrected chi connectivity index (χ0v) is 14.1. The molecule has 1 spiro atoms. The summed E-state index contributed by atoms with van der Waals surface area (Å²) in [6.07, 6.45) is 1.61. The molecule has 6 heteroatoms. The standard InChI is InChI=1S/C19H21N3O3/c1-12(22-8-19(9-22)10-25-11-19)13-2-4-14(5-3-13)15-6-16(18(23)24)17(20)21-7-15/h2-7,12H,8-11H2,1H3,(H2,20,21)(H,23,24). The number of carboxylic acid groups (broad SMARTS) is 1. The Morgan fingerprint density at radius 2 is 1.96 bits per heavy atom. The van der Waals surface area contributed by atoms with Gasteiger partial charge in [-0.15, -0.1) is 0 Å². The quantitative estimate of drug-likeness (QED) is 0.889. The first-order valence-corrected chi connectivity index (χ1v) is 8.38. The van der Waals surface area contributed by atoms with E-state index >= 15 is 0 Å². The molecule has 2 aliphatic rings. The summed E-state index contributed by atoms with van der Waals surface area (Å²) < 4.78 is 5.33. The fourth-order valence-electron chi connectivity index (χ4n) is 3.63. The van der Waals surface area contributed by atoms with Gasteiger partial charge in [0, 0.05) is 36.3 Å². The summed E-state index contributed by atoms with van der Waals surface area (Å²) >= 11 is 0. The largest absolute Gasteiger partial charge is 0.478 e. The molecule has 1 unspecified atom stereocenters. The number of hydrogen-bond donors (Lipinski definition) is 2. The fourth-order valence-corrected chi connectivity index (χ4v) is 3.63. The number of anilines is 1. The number of hydrogen-bond acceptors (Lipinski definition) is 5. The third kappa shape index (κ3) is 2.77. The Morgan fingerprint density at radius 3 is 2.52 bits per heavy atom. The van der Waals surface area contributed by atoms with Crippen LogP contribution in [0.3, 0.4) is 0 Å². The lowest BCUT2D eigenvalue weighted by Crippen LogP contribution is -2.66. The third-order valence-electron chi connectivity index (χ3n) is 5.32. The van der Waals surface area contributed by atoms with E-state index in [1.54, 1.807) is 12.3 Å². The Labute approximate surface area is 146 Å². The van der Waals surface area contributed by atoms with Gasteiger partial charge in [-0.25, -0.2) is 9.78 Å². The molecule has 0 aliphatic carbocycles. The Morgan fingerprint density at radius 1 is 1.28 bits per heavy atom. The molecule has 0 radical (unpaired) electrons. The van der Waals surface area contributed by atoms with Crippen molar-refractivity contribution < 1.29 is 14.6 Å². The summed E-state index contributed by atoms with van der Waals surface area (Å²) in [7, 11) is 0. The molecule has 1 aromatic carbocycles. The fraction of sp³-hybridized carbons (Fsp3) is 0.368. The second-order valence-electron chi connectivity index (χ2n) is 7.16. The zero-order chi connectivity index (χ0) is 17.6. The van der Waals surface area contributed by atoms with Crippen LogP contribution in [-0.2, 0) is 4.74 Å². The number of nitrogens with zero attached hydrogens (tertiary/aromatic N) is 2. The lowest BCUT2D eigenvalue weighted by Gasteiger charge is -2.57. The van der Waals surface area contributed by atoms with Gasteiger partial charge in [0.25, 0.3) is 0 Å². The molecule has 3 heterocycles. The van der Waals surface area contributed by atoms with Crippen molar-refractivity contribution in [3.05, 3.63) is 47.7 Å². The molecule has 0 amide bonds. The SMILES string of the molecule is CC(c1ccc(-c2cnc(N)c(C(=O)O)c2)cc1)N1CC2(COC2)C1. The topological polar surface area (TPSA) is 88.7 Å². The maximum absolute atomic E-state index is 11.2. The lowest BCUT2D eigenvalue weighted by molar-refractivity contribution is -0.197. The number of pyridine rings is 1. The van der Waals surface area contributed by atoms with E-state index in [4.69, 9.17) is 10.5 Å². The summed E-state index contributed by atoms with van der Waals surface area (Å²) in [6, 6.07) is 10.1. The van der Waals surface area contributed by atoms with Gasteiger partial charge in [0.1, 0.15) is 11.4 Å². The van der Waals surface area contributed by atoms with Gasteiger partial charge >= 0.3 is 5.97 Å². The van der Waals surface area contributed by atoms with Gasteiger partial charge in [-0.05, 0) is 24.1 Å². The minimum atomic E-state index is -1.07. The Kier molecular flexibility index (Phi) is 3.74. The summed E-state index contributed by atoms with van der Waals surface area (Å²) in [4.78, 5) is 17.7. The number of ether oxygens (including phenoxy) is 1. The number of benzene rings is 1. The van der Waals surface area contributed by atoms with Crippen molar-refractivity contribution in [2.45, 2.75) is 13.0 Å². The monoisotopic (exact) mass is 339 g/mol. The highest BCUT2D eigenvalue weighted by atomic mass is 16.5. The Hall–Kier alpha value is -2.44. The summed E-state index contributed by atoms with van der Waals surface area (Å²) in [5, 5.41) is 9.18. The normalized spacial score (nSPS) is 19.9. The first kappa shape index (κ1) is 16.1. The highest BCUT2D eigenvalue weighted by Gasteiger charge is 2.50. The van der Waals surface area contributed by atoms with Crippen LogP contribution in [0.1, 0.15) is 28.9 Å². The van der Waals surface area contributed by atoms with E-state index < -0.39 is 5.97 Å². The number of likely N-dealkylation sites (tertiary alicyclic amines) is 1. The lowest BCUT2D eigenvalue weighted by atomic mass is 9.76. The van der Waals surface area contributed by atoms with Crippen molar-refractivity contribution in [2.24, 2.45) is 5.41 Å². The van der Waals surface area contributed by atoms with Gasteiger partial charge in [0.05, 0.1) is 13.2 Å². The minimum Gasteiger partial charge on any atom is -0.478 e. The second kappa shape index (κ2) is 5.82. The van der Waals surface area contributed by atoms with Gasteiger partial charge in [-0.2, -0.15) is 0 Å². The van der Waals surface area contributed by atoms with Crippen LogP contribution in [0.25, 0.3) is 11.1 Å². The molecule has 2 saturated heterocycles. The van der Waals surface area contributed by atoms with E-state index in [0.29, 0.717) is 11.5 Å². The van der Waals surface area contributed by atoms with E-state index in [1.165, 1.54) is 5.56 Å². The molecule has 0 bridgehead atoms. The van der Waals surface area contributed by atoms with E-state index in [-0.39, 0.29) is 11.4 Å². The van der Waals surface area contributed by atoms with Crippen LogP contribution in [0.4, 0.5) is 5.82 Å². The van der Waals surface area contributed by atoms with Crippen LogP contribution in [0.5, 0.6) is 0 Å². The van der Waals surface area contributed by atoms with Gasteiger partial charge in [0.15, 0.2) is 0 Å². The van der Waals surface area contributed by atoms with Crippen molar-refractivity contribution in [3.63, 3.8) is 0 Å². The predicted molar refractivity (Wildman–Crippen MR) is 94.3 cm³/mol. The van der Waals surface area contributed by atoms with Crippen LogP contribution in [0, 0.1) is 5.41 Å². The van der Waals surface area contributed by atoms with E-state index in [9.17, 15) is 9.90 Å². The molecular formula is C19H21N3O3. The van der Waals surface area contributed by atoms with Crippen molar-refractivity contribution in [3.8, 4) is 11.1 Å². The summed E-state index contributed by atoms with van der Waals surface area (Å²) in [6.45, 7) is 6.20. The number of carboxylic acids is 1. The molecular weight excluding hydrogens is 318 g/mol. The van der Waals surface area contributed by atoms with Crippen LogP contribution in [-0.4, -0.2) is 47.3 Å². The highest BCUT2D eigenvalue weighted by Crippen LogP contribution is 2.42. The number of nitrogen functional groups attached to an aromatic ring is 1. The van der Waals surface area contributed by atoms with E-state index in [1.807, 2.05) is 12.1 Å². The molecule has 1 aromatic heterocycles. The minimum absolute atomic E-state index is 0.0311. The van der Waals surface area contributed by atoms with Gasteiger partial charge in [0.2, 0.25) is 0 Å². The molecule has 130 valence electrons. The maximum atomic E-state index is 11.2. The van der Waals surface area contributed by atoms with Crippen LogP contribution >= 0.6 is 0 Å². The second-order valence-corrected chi connectivity index (χ2v) is 7.16. The van der Waals surface area contributed by atoms with E-state index in [0.717, 1.165) is 37.4 Å². The number of aromatic nitrogens is 1. The third-order valence-corrected chi connectivity index (χ3v) is 5.32. The van der Waals surface area contributed by atoms with Gasteiger partial charge < -0.3 is 15.6 Å².